The van der Waals surface area contributed by atoms with Crippen LogP contribution in [0, 0.1) is 4.64 Å². The third-order valence-electron chi connectivity index (χ3n) is 3.05. The Morgan fingerprint density at radius 3 is 2.88 bits per heavy atom. The van der Waals surface area contributed by atoms with Gasteiger partial charge in [0, 0.05) is 21.9 Å². The zero-order valence-electron chi connectivity index (χ0n) is 10.4. The van der Waals surface area contributed by atoms with Crippen molar-refractivity contribution in [3.05, 3.63) is 22.2 Å². The molecule has 1 aromatic heterocycles. The predicted molar refractivity (Wildman–Crippen MR) is 80.5 cm³/mol. The quantitative estimate of drug-likeness (QED) is 0.832. The summed E-state index contributed by atoms with van der Waals surface area (Å²) >= 11 is 9.28. The summed E-state index contributed by atoms with van der Waals surface area (Å²) in [6.45, 7) is 6.74. The molecular weight excluding hydrogens is 268 g/mol. The summed E-state index contributed by atoms with van der Waals surface area (Å²) in [5, 5.41) is 1.86. The Balaban J connectivity index is 2.22. The minimum Gasteiger partial charge on any atom is -0.346 e. The monoisotopic (exact) mass is 286 g/mol. The maximum Gasteiger partial charge on any atom is 0.130 e. The number of aromatic amines is 1. The summed E-state index contributed by atoms with van der Waals surface area (Å²) < 4.78 is 0.715. The summed E-state index contributed by atoms with van der Waals surface area (Å²) in [6.07, 6.45) is 0.982. The lowest BCUT2D eigenvalue weighted by Crippen LogP contribution is -2.23. The van der Waals surface area contributed by atoms with Crippen LogP contribution in [0.5, 0.6) is 0 Å². The van der Waals surface area contributed by atoms with Crippen LogP contribution in [0.15, 0.2) is 6.07 Å². The van der Waals surface area contributed by atoms with E-state index in [9.17, 15) is 0 Å². The highest BCUT2D eigenvalue weighted by atomic mass is 32.2. The molecule has 3 atom stereocenters. The van der Waals surface area contributed by atoms with Crippen molar-refractivity contribution < 1.29 is 0 Å². The molecule has 0 spiro atoms. The lowest BCUT2D eigenvalue weighted by molar-refractivity contribution is 0.838. The molecule has 0 radical (unpaired) electrons. The number of thioether (sulfide) groups is 2. The molecule has 2 rings (SSSR count). The molecule has 1 aliphatic heterocycles. The van der Waals surface area contributed by atoms with Crippen LogP contribution >= 0.6 is 35.7 Å². The molecule has 94 valence electrons. The van der Waals surface area contributed by atoms with Gasteiger partial charge in [0.25, 0.3) is 0 Å². The maximum atomic E-state index is 5.23. The van der Waals surface area contributed by atoms with Gasteiger partial charge in [0.2, 0.25) is 0 Å². The number of aryl methyl sites for hydroxylation is 1. The van der Waals surface area contributed by atoms with E-state index in [-0.39, 0.29) is 0 Å². The highest BCUT2D eigenvalue weighted by Crippen LogP contribution is 2.43. The van der Waals surface area contributed by atoms with E-state index in [0.29, 0.717) is 15.1 Å². The first kappa shape index (κ1) is 13.4. The summed E-state index contributed by atoms with van der Waals surface area (Å²) in [6, 6.07) is 1.96. The minimum atomic E-state index is 0.458. The number of H-pyrrole nitrogens is 1. The van der Waals surface area contributed by atoms with Crippen molar-refractivity contribution in [3.8, 4) is 0 Å². The van der Waals surface area contributed by atoms with Crippen molar-refractivity contribution in [2.45, 2.75) is 42.9 Å². The molecule has 0 aliphatic carbocycles. The minimum absolute atomic E-state index is 0.458. The fraction of sp³-hybridized carbons (Fsp3) is 0.667. The molecule has 3 unspecified atom stereocenters. The van der Waals surface area contributed by atoms with Gasteiger partial charge in [-0.15, -0.1) is 11.8 Å². The van der Waals surface area contributed by atoms with E-state index in [1.807, 2.05) is 29.6 Å². The highest BCUT2D eigenvalue weighted by molar-refractivity contribution is 8.07. The third kappa shape index (κ3) is 3.26. The number of rotatable bonds is 2. The number of nitrogens with zero attached hydrogens (tertiary/aromatic N) is 1. The van der Waals surface area contributed by atoms with Gasteiger partial charge < -0.3 is 4.98 Å². The summed E-state index contributed by atoms with van der Waals surface area (Å²) in [4.78, 5) is 7.92. The molecule has 0 saturated carbocycles. The van der Waals surface area contributed by atoms with Gasteiger partial charge in [-0.1, -0.05) is 33.0 Å². The topological polar surface area (TPSA) is 28.7 Å². The van der Waals surface area contributed by atoms with Gasteiger partial charge in [-0.2, -0.15) is 11.8 Å². The Morgan fingerprint density at radius 2 is 2.24 bits per heavy atom. The number of nitrogens with one attached hydrogen (secondary N) is 1. The van der Waals surface area contributed by atoms with Crippen LogP contribution in [0.1, 0.15) is 37.5 Å². The van der Waals surface area contributed by atoms with Crippen LogP contribution in [-0.2, 0) is 6.42 Å². The van der Waals surface area contributed by atoms with Gasteiger partial charge in [0.05, 0.1) is 5.25 Å². The van der Waals surface area contributed by atoms with E-state index < -0.39 is 0 Å². The van der Waals surface area contributed by atoms with E-state index in [1.165, 1.54) is 5.69 Å². The molecule has 17 heavy (non-hydrogen) atoms. The summed E-state index contributed by atoms with van der Waals surface area (Å²) in [5.74, 6) is 2.19. The zero-order valence-corrected chi connectivity index (χ0v) is 12.8. The normalized spacial score (nSPS) is 29.2. The lowest BCUT2D eigenvalue weighted by atomic mass is 10.3. The molecule has 1 aliphatic rings. The fourth-order valence-corrected chi connectivity index (χ4v) is 4.90. The zero-order chi connectivity index (χ0) is 12.4. The van der Waals surface area contributed by atoms with Crippen molar-refractivity contribution in [2.75, 3.05) is 5.75 Å². The second-order valence-corrected chi connectivity index (χ2v) is 7.76. The van der Waals surface area contributed by atoms with Crippen molar-refractivity contribution in [1.82, 2.24) is 9.97 Å². The standard InChI is InChI=1S/C12H18N2S3/c1-4-9-5-11(15)14-12(13-9)10-6-16-7(2)8(3)17-10/h5,7-8,10H,4,6H2,1-3H3,(H,13,14,15). The van der Waals surface area contributed by atoms with Crippen molar-refractivity contribution >= 4 is 35.7 Å². The van der Waals surface area contributed by atoms with Crippen molar-refractivity contribution in [1.29, 1.82) is 0 Å². The molecular formula is C12H18N2S3. The fourth-order valence-electron chi connectivity index (χ4n) is 1.80. The Morgan fingerprint density at radius 1 is 1.47 bits per heavy atom. The van der Waals surface area contributed by atoms with Crippen molar-refractivity contribution in [3.63, 3.8) is 0 Å². The predicted octanol–water partition coefficient (Wildman–Crippen LogP) is 4.00. The van der Waals surface area contributed by atoms with Crippen LogP contribution in [0.2, 0.25) is 0 Å². The highest BCUT2D eigenvalue weighted by Gasteiger charge is 2.28. The molecule has 1 fully saturated rings. The molecule has 5 heteroatoms. The number of hydrogen-bond acceptors (Lipinski definition) is 4. The van der Waals surface area contributed by atoms with Crippen LogP contribution in [0.4, 0.5) is 0 Å². The average Bonchev–Trinajstić information content (AvgIpc) is 2.32. The van der Waals surface area contributed by atoms with Gasteiger partial charge in [-0.3, -0.25) is 0 Å². The smallest absolute Gasteiger partial charge is 0.130 e. The van der Waals surface area contributed by atoms with E-state index >= 15 is 0 Å². The first-order valence-electron chi connectivity index (χ1n) is 5.97. The van der Waals surface area contributed by atoms with Crippen LogP contribution in [-0.4, -0.2) is 26.2 Å². The Labute approximate surface area is 116 Å². The Hall–Kier alpha value is -0.0000000000000000555. The van der Waals surface area contributed by atoms with Gasteiger partial charge in [-0.05, 0) is 12.5 Å². The maximum absolute atomic E-state index is 5.23. The van der Waals surface area contributed by atoms with Gasteiger partial charge in [0.15, 0.2) is 0 Å². The Bertz CT molecular complexity index is 444. The second kappa shape index (κ2) is 5.76. The number of hydrogen-bond donors (Lipinski definition) is 1. The van der Waals surface area contributed by atoms with E-state index in [4.69, 9.17) is 12.2 Å². The largest absolute Gasteiger partial charge is 0.346 e. The SMILES string of the molecule is CCc1cc(=S)nc(C2CSC(C)C(C)S2)[nH]1. The first-order chi connectivity index (χ1) is 8.10. The van der Waals surface area contributed by atoms with Gasteiger partial charge in [-0.25, -0.2) is 4.98 Å². The third-order valence-corrected chi connectivity index (χ3v) is 6.66. The van der Waals surface area contributed by atoms with Gasteiger partial charge >= 0.3 is 0 Å². The molecule has 1 aromatic rings. The van der Waals surface area contributed by atoms with E-state index in [1.54, 1.807) is 0 Å². The second-order valence-electron chi connectivity index (χ2n) is 4.35. The first-order valence-corrected chi connectivity index (χ1v) is 8.37. The van der Waals surface area contributed by atoms with Crippen LogP contribution < -0.4 is 0 Å². The van der Waals surface area contributed by atoms with E-state index in [2.05, 4.69) is 30.7 Å². The van der Waals surface area contributed by atoms with E-state index in [0.717, 1.165) is 23.2 Å². The molecule has 0 aromatic carbocycles. The molecule has 1 N–H and O–H groups in total. The Kier molecular flexibility index (Phi) is 4.55. The van der Waals surface area contributed by atoms with Gasteiger partial charge in [0.1, 0.15) is 10.5 Å². The molecule has 2 nitrogen and oxygen atoms in total. The summed E-state index contributed by atoms with van der Waals surface area (Å²) in [7, 11) is 0. The molecule has 2 heterocycles. The number of aromatic nitrogens is 2. The van der Waals surface area contributed by atoms with Crippen molar-refractivity contribution in [2.24, 2.45) is 0 Å². The summed E-state index contributed by atoms with van der Waals surface area (Å²) in [5.41, 5.74) is 1.19. The molecule has 0 amide bonds. The van der Waals surface area contributed by atoms with Crippen LogP contribution in [0.3, 0.4) is 0 Å². The lowest BCUT2D eigenvalue weighted by Gasteiger charge is -2.30. The van der Waals surface area contributed by atoms with Crippen LogP contribution in [0.25, 0.3) is 0 Å². The average molecular weight is 286 g/mol. The molecule has 1 saturated heterocycles. The molecule has 0 bridgehead atoms.